The van der Waals surface area contributed by atoms with Crippen molar-refractivity contribution in [2.45, 2.75) is 31.7 Å². The molecule has 0 radical (unpaired) electrons. The molecule has 0 aliphatic carbocycles. The van der Waals surface area contributed by atoms with Crippen LogP contribution in [0.2, 0.25) is 0 Å². The Morgan fingerprint density at radius 3 is 2.83 bits per heavy atom. The Hall–Kier alpha value is -0.730. The fourth-order valence-electron chi connectivity index (χ4n) is 2.60. The molecule has 100 valence electrons. The average Bonchev–Trinajstić information content (AvgIpc) is 2.42. The maximum absolute atomic E-state index is 5.87. The van der Waals surface area contributed by atoms with Crippen molar-refractivity contribution in [3.8, 4) is 5.75 Å². The van der Waals surface area contributed by atoms with Crippen LogP contribution in [0.1, 0.15) is 25.7 Å². The SMILES string of the molecule is ClCCC1CCCCN1CCOc1ccccc1. The van der Waals surface area contributed by atoms with Crippen LogP contribution < -0.4 is 4.74 Å². The molecule has 0 spiro atoms. The smallest absolute Gasteiger partial charge is 0.119 e. The second-order valence-electron chi connectivity index (χ2n) is 4.82. The molecule has 18 heavy (non-hydrogen) atoms. The van der Waals surface area contributed by atoms with Gasteiger partial charge < -0.3 is 4.74 Å². The molecule has 0 amide bonds. The summed E-state index contributed by atoms with van der Waals surface area (Å²) in [6, 6.07) is 10.7. The van der Waals surface area contributed by atoms with E-state index in [-0.39, 0.29) is 0 Å². The predicted molar refractivity (Wildman–Crippen MR) is 76.5 cm³/mol. The summed E-state index contributed by atoms with van der Waals surface area (Å²) < 4.78 is 5.76. The lowest BCUT2D eigenvalue weighted by molar-refractivity contribution is 0.121. The van der Waals surface area contributed by atoms with E-state index in [1.54, 1.807) is 0 Å². The average molecular weight is 268 g/mol. The molecule has 0 bridgehead atoms. The molecule has 1 unspecified atom stereocenters. The third kappa shape index (κ3) is 4.18. The van der Waals surface area contributed by atoms with Crippen LogP contribution in [0.15, 0.2) is 30.3 Å². The maximum Gasteiger partial charge on any atom is 0.119 e. The highest BCUT2D eigenvalue weighted by atomic mass is 35.5. The number of rotatable bonds is 6. The van der Waals surface area contributed by atoms with Crippen LogP contribution in [0.25, 0.3) is 0 Å². The molecule has 1 atom stereocenters. The molecule has 1 aromatic carbocycles. The van der Waals surface area contributed by atoms with Gasteiger partial charge in [0.05, 0.1) is 0 Å². The first-order chi connectivity index (χ1) is 8.90. The Kier molecular flexibility index (Phi) is 5.82. The molecule has 2 nitrogen and oxygen atoms in total. The van der Waals surface area contributed by atoms with Gasteiger partial charge in [0.1, 0.15) is 12.4 Å². The van der Waals surface area contributed by atoms with Gasteiger partial charge in [-0.1, -0.05) is 24.6 Å². The van der Waals surface area contributed by atoms with Gasteiger partial charge in [-0.25, -0.2) is 0 Å². The van der Waals surface area contributed by atoms with Crippen LogP contribution in [-0.2, 0) is 0 Å². The topological polar surface area (TPSA) is 12.5 Å². The van der Waals surface area contributed by atoms with Crippen LogP contribution >= 0.6 is 11.6 Å². The summed E-state index contributed by atoms with van der Waals surface area (Å²) in [7, 11) is 0. The first-order valence-corrected chi connectivity index (χ1v) is 7.41. The summed E-state index contributed by atoms with van der Waals surface area (Å²) in [5.41, 5.74) is 0. The first-order valence-electron chi connectivity index (χ1n) is 6.88. The number of halogens is 1. The summed E-state index contributed by atoms with van der Waals surface area (Å²) in [6.45, 7) is 2.97. The lowest BCUT2D eigenvalue weighted by atomic mass is 10.0. The number of hydrogen-bond acceptors (Lipinski definition) is 2. The molecular weight excluding hydrogens is 246 g/mol. The summed E-state index contributed by atoms with van der Waals surface area (Å²) in [5, 5.41) is 0. The van der Waals surface area contributed by atoms with E-state index in [2.05, 4.69) is 4.90 Å². The fourth-order valence-corrected chi connectivity index (χ4v) is 2.86. The van der Waals surface area contributed by atoms with Crippen molar-refractivity contribution in [3.05, 3.63) is 30.3 Å². The number of benzene rings is 1. The van der Waals surface area contributed by atoms with E-state index < -0.39 is 0 Å². The van der Waals surface area contributed by atoms with E-state index in [9.17, 15) is 0 Å². The van der Waals surface area contributed by atoms with Crippen LogP contribution in [0.4, 0.5) is 0 Å². The third-order valence-corrected chi connectivity index (χ3v) is 3.80. The molecular formula is C15H22ClNO. The summed E-state index contributed by atoms with van der Waals surface area (Å²) in [4.78, 5) is 2.54. The fraction of sp³-hybridized carbons (Fsp3) is 0.600. The Morgan fingerprint density at radius 2 is 2.06 bits per heavy atom. The van der Waals surface area contributed by atoms with Crippen molar-refractivity contribution >= 4 is 11.6 Å². The van der Waals surface area contributed by atoms with Crippen molar-refractivity contribution in [3.63, 3.8) is 0 Å². The minimum Gasteiger partial charge on any atom is -0.492 e. The van der Waals surface area contributed by atoms with Crippen molar-refractivity contribution in [2.24, 2.45) is 0 Å². The van der Waals surface area contributed by atoms with Gasteiger partial charge in [0.15, 0.2) is 0 Å². The van der Waals surface area contributed by atoms with Crippen LogP contribution in [0.3, 0.4) is 0 Å². The highest BCUT2D eigenvalue weighted by molar-refractivity contribution is 6.17. The number of para-hydroxylation sites is 1. The van der Waals surface area contributed by atoms with Gasteiger partial charge in [-0.3, -0.25) is 4.90 Å². The molecule has 3 heteroatoms. The summed E-state index contributed by atoms with van der Waals surface area (Å²) >= 11 is 5.87. The second kappa shape index (κ2) is 7.65. The molecule has 1 saturated heterocycles. The molecule has 2 rings (SSSR count). The molecule has 1 aliphatic heterocycles. The van der Waals surface area contributed by atoms with Gasteiger partial charge in [0.25, 0.3) is 0 Å². The van der Waals surface area contributed by atoms with Crippen LogP contribution in [0, 0.1) is 0 Å². The van der Waals surface area contributed by atoms with E-state index in [0.717, 1.165) is 31.2 Å². The Labute approximate surface area is 115 Å². The van der Waals surface area contributed by atoms with Crippen LogP contribution in [0.5, 0.6) is 5.75 Å². The normalized spacial score (nSPS) is 20.8. The quantitative estimate of drug-likeness (QED) is 0.731. The molecule has 1 heterocycles. The summed E-state index contributed by atoms with van der Waals surface area (Å²) in [6.07, 6.45) is 5.05. The zero-order valence-corrected chi connectivity index (χ0v) is 11.6. The Bertz CT molecular complexity index is 329. The van der Waals surface area contributed by atoms with E-state index in [0.29, 0.717) is 6.04 Å². The highest BCUT2D eigenvalue weighted by Crippen LogP contribution is 2.19. The molecule has 1 aliphatic rings. The Balaban J connectivity index is 1.74. The van der Waals surface area contributed by atoms with Gasteiger partial charge in [0.2, 0.25) is 0 Å². The zero-order valence-electron chi connectivity index (χ0n) is 10.9. The highest BCUT2D eigenvalue weighted by Gasteiger charge is 2.21. The number of hydrogen-bond donors (Lipinski definition) is 0. The molecule has 1 aromatic rings. The predicted octanol–water partition coefficient (Wildman–Crippen LogP) is 3.55. The van der Waals surface area contributed by atoms with E-state index in [1.807, 2.05) is 30.3 Å². The maximum atomic E-state index is 5.87. The van der Waals surface area contributed by atoms with Crippen molar-refractivity contribution < 1.29 is 4.74 Å². The van der Waals surface area contributed by atoms with Gasteiger partial charge in [-0.05, 0) is 37.9 Å². The lowest BCUT2D eigenvalue weighted by Gasteiger charge is -2.35. The molecule has 1 fully saturated rings. The summed E-state index contributed by atoms with van der Waals surface area (Å²) in [5.74, 6) is 1.73. The molecule has 0 saturated carbocycles. The van der Waals surface area contributed by atoms with Crippen molar-refractivity contribution in [1.82, 2.24) is 4.90 Å². The van der Waals surface area contributed by atoms with E-state index >= 15 is 0 Å². The Morgan fingerprint density at radius 1 is 1.22 bits per heavy atom. The van der Waals surface area contributed by atoms with Crippen molar-refractivity contribution in [1.29, 1.82) is 0 Å². The van der Waals surface area contributed by atoms with Gasteiger partial charge in [-0.2, -0.15) is 0 Å². The number of alkyl halides is 1. The van der Waals surface area contributed by atoms with Crippen molar-refractivity contribution in [2.75, 3.05) is 25.6 Å². The number of ether oxygens (including phenoxy) is 1. The second-order valence-corrected chi connectivity index (χ2v) is 5.20. The minimum atomic E-state index is 0.663. The number of piperidine rings is 1. The van der Waals surface area contributed by atoms with E-state index in [4.69, 9.17) is 16.3 Å². The standard InChI is InChI=1S/C15H22ClNO/c16-10-9-14-6-4-5-11-17(14)12-13-18-15-7-2-1-3-8-15/h1-3,7-8,14H,4-6,9-13H2. The number of likely N-dealkylation sites (tertiary alicyclic amines) is 1. The lowest BCUT2D eigenvalue weighted by Crippen LogP contribution is -2.42. The van der Waals surface area contributed by atoms with E-state index in [1.165, 1.54) is 25.8 Å². The third-order valence-electron chi connectivity index (χ3n) is 3.58. The minimum absolute atomic E-state index is 0.663. The first kappa shape index (κ1) is 13.7. The zero-order chi connectivity index (χ0) is 12.6. The van der Waals surface area contributed by atoms with Gasteiger partial charge in [-0.15, -0.1) is 11.6 Å². The van der Waals surface area contributed by atoms with Gasteiger partial charge >= 0.3 is 0 Å². The monoisotopic (exact) mass is 267 g/mol. The van der Waals surface area contributed by atoms with Crippen LogP contribution in [-0.4, -0.2) is 36.5 Å². The number of nitrogens with zero attached hydrogens (tertiary/aromatic N) is 1. The van der Waals surface area contributed by atoms with Gasteiger partial charge in [0, 0.05) is 18.5 Å². The molecule has 0 N–H and O–H groups in total. The molecule has 0 aromatic heterocycles. The largest absolute Gasteiger partial charge is 0.492 e.